The molecule has 0 saturated carbocycles. The molecular weight excluding hydrogens is 350 g/mol. The average Bonchev–Trinajstić information content (AvgIpc) is 2.61. The first-order valence-electron chi connectivity index (χ1n) is 4.91. The van der Waals surface area contributed by atoms with Crippen molar-refractivity contribution in [2.24, 2.45) is 5.73 Å². The number of halogens is 2. The molecule has 2 N–H and O–H groups in total. The number of nitrogens with two attached hydrogens (primary N) is 1. The van der Waals surface area contributed by atoms with Crippen molar-refractivity contribution in [2.75, 3.05) is 0 Å². The number of benzene rings is 1. The number of thiophene rings is 1. The fourth-order valence-corrected chi connectivity index (χ4v) is 3.61. The summed E-state index contributed by atoms with van der Waals surface area (Å²) in [5.74, 6) is 0. The molecule has 0 amide bonds. The van der Waals surface area contributed by atoms with E-state index < -0.39 is 0 Å². The Bertz CT molecular complexity index is 448. The van der Waals surface area contributed by atoms with Crippen LogP contribution in [0.25, 0.3) is 0 Å². The summed E-state index contributed by atoms with van der Waals surface area (Å²) in [7, 11) is 0. The lowest BCUT2D eigenvalue weighted by Crippen LogP contribution is -2.11. The summed E-state index contributed by atoms with van der Waals surface area (Å²) in [5.41, 5.74) is 7.45. The molecule has 0 spiro atoms. The highest BCUT2D eigenvalue weighted by molar-refractivity contribution is 9.13. The largest absolute Gasteiger partial charge is 0.323 e. The van der Waals surface area contributed by atoms with Crippen LogP contribution in [0.1, 0.15) is 16.5 Å². The van der Waals surface area contributed by atoms with Crippen molar-refractivity contribution in [3.8, 4) is 0 Å². The Kier molecular flexibility index (Phi) is 4.19. The van der Waals surface area contributed by atoms with Crippen molar-refractivity contribution >= 4 is 43.2 Å². The monoisotopic (exact) mass is 359 g/mol. The number of rotatable bonds is 3. The van der Waals surface area contributed by atoms with Crippen LogP contribution in [0.3, 0.4) is 0 Å². The lowest BCUT2D eigenvalue weighted by Gasteiger charge is -2.08. The van der Waals surface area contributed by atoms with Gasteiger partial charge in [0.1, 0.15) is 0 Å². The minimum absolute atomic E-state index is 0.0648. The van der Waals surface area contributed by atoms with Crippen LogP contribution in [0.4, 0.5) is 0 Å². The quantitative estimate of drug-likeness (QED) is 0.855. The predicted molar refractivity (Wildman–Crippen MR) is 76.8 cm³/mol. The van der Waals surface area contributed by atoms with E-state index >= 15 is 0 Å². The van der Waals surface area contributed by atoms with Gasteiger partial charge in [0.2, 0.25) is 0 Å². The molecule has 0 fully saturated rings. The Balaban J connectivity index is 2.11. The highest BCUT2D eigenvalue weighted by atomic mass is 79.9. The lowest BCUT2D eigenvalue weighted by molar-refractivity contribution is 0.736. The zero-order valence-electron chi connectivity index (χ0n) is 8.49. The Hall–Kier alpha value is -0.160. The van der Waals surface area contributed by atoms with Crippen molar-refractivity contribution in [3.63, 3.8) is 0 Å². The molecule has 0 aliphatic rings. The second kappa shape index (κ2) is 5.45. The van der Waals surface area contributed by atoms with Crippen LogP contribution in [0, 0.1) is 0 Å². The van der Waals surface area contributed by atoms with Gasteiger partial charge in [-0.2, -0.15) is 0 Å². The molecule has 1 atom stereocenters. The molecule has 0 bridgehead atoms. The molecule has 0 aliphatic heterocycles. The summed E-state index contributed by atoms with van der Waals surface area (Å²) in [6, 6.07) is 12.5. The summed E-state index contributed by atoms with van der Waals surface area (Å²) in [6.45, 7) is 0. The second-order valence-corrected chi connectivity index (χ2v) is 6.82. The highest BCUT2D eigenvalue weighted by Gasteiger charge is 2.12. The van der Waals surface area contributed by atoms with E-state index in [2.05, 4.69) is 50.1 Å². The Morgan fingerprint density at radius 3 is 2.44 bits per heavy atom. The third-order valence-corrected chi connectivity index (χ3v) is 5.72. The van der Waals surface area contributed by atoms with Crippen LogP contribution < -0.4 is 5.73 Å². The summed E-state index contributed by atoms with van der Waals surface area (Å²) < 4.78 is 2.18. The summed E-state index contributed by atoms with van der Waals surface area (Å²) in [6.07, 6.45) is 0.875. The van der Waals surface area contributed by atoms with Gasteiger partial charge < -0.3 is 5.73 Å². The molecule has 0 aliphatic carbocycles. The maximum Gasteiger partial charge on any atom is 0.0843 e. The minimum atomic E-state index is 0.0648. The molecule has 1 aromatic heterocycles. The van der Waals surface area contributed by atoms with Gasteiger partial charge >= 0.3 is 0 Å². The fourth-order valence-electron chi connectivity index (χ4n) is 1.51. The van der Waals surface area contributed by atoms with Crippen molar-refractivity contribution in [1.29, 1.82) is 0 Å². The van der Waals surface area contributed by atoms with E-state index in [-0.39, 0.29) is 6.04 Å². The van der Waals surface area contributed by atoms with E-state index in [1.54, 1.807) is 11.3 Å². The van der Waals surface area contributed by atoms with Gasteiger partial charge in [-0.25, -0.2) is 0 Å². The van der Waals surface area contributed by atoms with E-state index in [1.165, 1.54) is 10.4 Å². The van der Waals surface area contributed by atoms with E-state index in [9.17, 15) is 0 Å². The Morgan fingerprint density at radius 1 is 1.19 bits per heavy atom. The molecule has 1 heterocycles. The first kappa shape index (κ1) is 12.3. The standard InChI is InChI=1S/C12H11Br2NS/c13-9-7-11(16-12(9)14)10(15)6-8-4-2-1-3-5-8/h1-5,7,10H,6,15H2. The minimum Gasteiger partial charge on any atom is -0.323 e. The van der Waals surface area contributed by atoms with Gasteiger partial charge in [-0.3, -0.25) is 0 Å². The molecule has 84 valence electrons. The maximum atomic E-state index is 6.18. The molecule has 4 heteroatoms. The van der Waals surface area contributed by atoms with Crippen LogP contribution in [0.5, 0.6) is 0 Å². The molecule has 2 rings (SSSR count). The molecule has 0 saturated heterocycles. The van der Waals surface area contributed by atoms with E-state index in [1.807, 2.05) is 18.2 Å². The fraction of sp³-hybridized carbons (Fsp3) is 0.167. The predicted octanol–water partition coefficient (Wildman–Crippen LogP) is 4.52. The Labute approximate surface area is 116 Å². The summed E-state index contributed by atoms with van der Waals surface area (Å²) in [5, 5.41) is 0. The molecular formula is C12H11Br2NS. The maximum absolute atomic E-state index is 6.18. The van der Waals surface area contributed by atoms with Crippen LogP contribution in [-0.4, -0.2) is 0 Å². The van der Waals surface area contributed by atoms with Crippen molar-refractivity contribution in [2.45, 2.75) is 12.5 Å². The zero-order valence-corrected chi connectivity index (χ0v) is 12.5. The molecule has 16 heavy (non-hydrogen) atoms. The van der Waals surface area contributed by atoms with Gasteiger partial charge in [0.05, 0.1) is 3.79 Å². The van der Waals surface area contributed by atoms with E-state index in [4.69, 9.17) is 5.73 Å². The van der Waals surface area contributed by atoms with Gasteiger partial charge in [0.15, 0.2) is 0 Å². The lowest BCUT2D eigenvalue weighted by atomic mass is 10.1. The van der Waals surface area contributed by atoms with Gasteiger partial charge in [-0.15, -0.1) is 11.3 Å². The van der Waals surface area contributed by atoms with Crippen molar-refractivity contribution in [3.05, 3.63) is 55.1 Å². The van der Waals surface area contributed by atoms with Crippen LogP contribution >= 0.6 is 43.2 Å². The first-order chi connectivity index (χ1) is 7.66. The van der Waals surface area contributed by atoms with Crippen LogP contribution in [0.2, 0.25) is 0 Å². The molecule has 2 aromatic rings. The SMILES string of the molecule is NC(Cc1ccccc1)c1cc(Br)c(Br)s1. The third kappa shape index (κ3) is 2.94. The van der Waals surface area contributed by atoms with Gasteiger partial charge in [0.25, 0.3) is 0 Å². The number of hydrogen-bond donors (Lipinski definition) is 1. The topological polar surface area (TPSA) is 26.0 Å². The average molecular weight is 361 g/mol. The van der Waals surface area contributed by atoms with E-state index in [0.29, 0.717) is 0 Å². The molecule has 1 nitrogen and oxygen atoms in total. The molecule has 1 unspecified atom stereocenters. The van der Waals surface area contributed by atoms with Gasteiger partial charge in [-0.1, -0.05) is 30.3 Å². The molecule has 1 aromatic carbocycles. The zero-order chi connectivity index (χ0) is 11.5. The van der Waals surface area contributed by atoms with Crippen LogP contribution in [-0.2, 0) is 6.42 Å². The summed E-state index contributed by atoms with van der Waals surface area (Å²) in [4.78, 5) is 1.20. The van der Waals surface area contributed by atoms with Crippen molar-refractivity contribution < 1.29 is 0 Å². The van der Waals surface area contributed by atoms with Gasteiger partial charge in [-0.05, 0) is 49.9 Å². The third-order valence-electron chi connectivity index (χ3n) is 2.33. The van der Waals surface area contributed by atoms with Crippen molar-refractivity contribution in [1.82, 2.24) is 0 Å². The second-order valence-electron chi connectivity index (χ2n) is 3.57. The first-order valence-corrected chi connectivity index (χ1v) is 7.31. The van der Waals surface area contributed by atoms with Gasteiger partial charge in [0, 0.05) is 15.4 Å². The number of hydrogen-bond acceptors (Lipinski definition) is 2. The smallest absolute Gasteiger partial charge is 0.0843 e. The molecule has 0 radical (unpaired) electrons. The normalized spacial score (nSPS) is 12.7. The Morgan fingerprint density at radius 2 is 1.88 bits per heavy atom. The summed E-state index contributed by atoms with van der Waals surface area (Å²) >= 11 is 8.65. The van der Waals surface area contributed by atoms with Crippen LogP contribution in [0.15, 0.2) is 44.7 Å². The van der Waals surface area contributed by atoms with E-state index in [0.717, 1.165) is 14.7 Å². The highest BCUT2D eigenvalue weighted by Crippen LogP contribution is 2.35.